The third kappa shape index (κ3) is 5.95. The fourth-order valence-electron chi connectivity index (χ4n) is 3.92. The molecule has 0 spiro atoms. The van der Waals surface area contributed by atoms with Gasteiger partial charge in [-0.1, -0.05) is 23.9 Å². The summed E-state index contributed by atoms with van der Waals surface area (Å²) < 4.78 is 20.9. The summed E-state index contributed by atoms with van der Waals surface area (Å²) in [6.45, 7) is 1.87. The van der Waals surface area contributed by atoms with Gasteiger partial charge in [0.25, 0.3) is 0 Å². The van der Waals surface area contributed by atoms with E-state index in [4.69, 9.17) is 4.74 Å². The van der Waals surface area contributed by atoms with E-state index in [2.05, 4.69) is 39.4 Å². The zero-order valence-corrected chi connectivity index (χ0v) is 20.6. The molecule has 2 aromatic carbocycles. The van der Waals surface area contributed by atoms with Crippen LogP contribution in [0.1, 0.15) is 18.4 Å². The monoisotopic (exact) mass is 483 g/mol. The van der Waals surface area contributed by atoms with Gasteiger partial charge in [-0.2, -0.15) is 0 Å². The van der Waals surface area contributed by atoms with Crippen molar-refractivity contribution >= 4 is 23.4 Å². The Morgan fingerprint density at radius 1 is 1.15 bits per heavy atom. The number of hydrogen-bond acceptors (Lipinski definition) is 6. The summed E-state index contributed by atoms with van der Waals surface area (Å²) >= 11 is 1.35. The summed E-state index contributed by atoms with van der Waals surface area (Å²) in [7, 11) is 5.86. The number of thioether (sulfide) groups is 1. The predicted octanol–water partition coefficient (Wildman–Crippen LogP) is 3.99. The van der Waals surface area contributed by atoms with Crippen LogP contribution >= 0.6 is 11.8 Å². The van der Waals surface area contributed by atoms with Gasteiger partial charge in [-0.3, -0.25) is 4.79 Å². The molecule has 3 aromatic rings. The van der Waals surface area contributed by atoms with Gasteiger partial charge < -0.3 is 19.1 Å². The van der Waals surface area contributed by atoms with Crippen molar-refractivity contribution in [3.05, 3.63) is 59.9 Å². The molecule has 1 aromatic heterocycles. The lowest BCUT2D eigenvalue weighted by molar-refractivity contribution is -0.130. The van der Waals surface area contributed by atoms with Crippen LogP contribution in [0.4, 0.5) is 10.1 Å². The Morgan fingerprint density at radius 3 is 2.53 bits per heavy atom. The topological polar surface area (TPSA) is 63.5 Å². The third-order valence-corrected chi connectivity index (χ3v) is 6.89. The van der Waals surface area contributed by atoms with Gasteiger partial charge in [0.2, 0.25) is 5.91 Å². The molecule has 0 bridgehead atoms. The molecule has 0 aliphatic carbocycles. The number of amides is 1. The van der Waals surface area contributed by atoms with Gasteiger partial charge in [0.15, 0.2) is 11.0 Å². The Balaban J connectivity index is 1.43. The molecule has 0 saturated carbocycles. The van der Waals surface area contributed by atoms with E-state index in [1.54, 1.807) is 12.1 Å². The van der Waals surface area contributed by atoms with E-state index in [-0.39, 0.29) is 23.6 Å². The Labute approximate surface area is 203 Å². The first-order valence-corrected chi connectivity index (χ1v) is 12.3. The number of hydrogen-bond donors (Lipinski definition) is 0. The molecular formula is C25H30FN5O2S. The molecule has 1 fully saturated rings. The summed E-state index contributed by atoms with van der Waals surface area (Å²) in [6.07, 6.45) is 2.08. The van der Waals surface area contributed by atoms with Crippen molar-refractivity contribution in [1.29, 1.82) is 0 Å². The van der Waals surface area contributed by atoms with E-state index in [0.29, 0.717) is 24.1 Å². The maximum Gasteiger partial charge on any atom is 0.233 e. The van der Waals surface area contributed by atoms with Crippen LogP contribution in [0.25, 0.3) is 11.4 Å². The zero-order chi connectivity index (χ0) is 24.1. The molecule has 180 valence electrons. The number of aromatic nitrogens is 3. The summed E-state index contributed by atoms with van der Waals surface area (Å²) in [6, 6.07) is 14.4. The molecule has 34 heavy (non-hydrogen) atoms. The number of rotatable bonds is 9. The van der Waals surface area contributed by atoms with Crippen LogP contribution < -0.4 is 4.90 Å². The molecule has 1 aliphatic heterocycles. The van der Waals surface area contributed by atoms with Gasteiger partial charge in [0, 0.05) is 52.1 Å². The summed E-state index contributed by atoms with van der Waals surface area (Å²) in [5.41, 5.74) is 2.98. The minimum atomic E-state index is -0.297. The molecule has 0 radical (unpaired) electrons. The minimum absolute atomic E-state index is 0.0310. The highest BCUT2D eigenvalue weighted by Gasteiger charge is 2.24. The van der Waals surface area contributed by atoms with Gasteiger partial charge in [-0.15, -0.1) is 10.2 Å². The van der Waals surface area contributed by atoms with E-state index in [1.807, 2.05) is 30.6 Å². The van der Waals surface area contributed by atoms with Crippen molar-refractivity contribution in [2.75, 3.05) is 37.9 Å². The quantitative estimate of drug-likeness (QED) is 0.429. The van der Waals surface area contributed by atoms with Crippen LogP contribution in [0.2, 0.25) is 0 Å². The predicted molar refractivity (Wildman–Crippen MR) is 132 cm³/mol. The van der Waals surface area contributed by atoms with Gasteiger partial charge in [-0.05, 0) is 54.8 Å². The van der Waals surface area contributed by atoms with Crippen molar-refractivity contribution in [3.8, 4) is 11.4 Å². The second-order valence-corrected chi connectivity index (χ2v) is 9.57. The van der Waals surface area contributed by atoms with E-state index in [9.17, 15) is 9.18 Å². The lowest BCUT2D eigenvalue weighted by Gasteiger charge is -2.26. The van der Waals surface area contributed by atoms with Gasteiger partial charge in [-0.25, -0.2) is 4.39 Å². The first-order valence-electron chi connectivity index (χ1n) is 11.3. The molecule has 9 heteroatoms. The summed E-state index contributed by atoms with van der Waals surface area (Å²) in [5, 5.41) is 9.11. The van der Waals surface area contributed by atoms with E-state index < -0.39 is 0 Å². The highest BCUT2D eigenvalue weighted by molar-refractivity contribution is 7.99. The minimum Gasteiger partial charge on any atom is -0.378 e. The highest BCUT2D eigenvalue weighted by Crippen LogP contribution is 2.24. The van der Waals surface area contributed by atoms with E-state index in [1.165, 1.54) is 23.9 Å². The Bertz CT molecular complexity index is 1100. The van der Waals surface area contributed by atoms with Crippen molar-refractivity contribution in [2.24, 2.45) is 7.05 Å². The molecule has 1 atom stereocenters. The normalized spacial score (nSPS) is 15.5. The smallest absolute Gasteiger partial charge is 0.233 e. The third-order valence-electron chi connectivity index (χ3n) is 5.89. The molecule has 0 unspecified atom stereocenters. The van der Waals surface area contributed by atoms with Crippen molar-refractivity contribution in [2.45, 2.75) is 30.6 Å². The highest BCUT2D eigenvalue weighted by atomic mass is 32.2. The van der Waals surface area contributed by atoms with Crippen LogP contribution in [-0.4, -0.2) is 64.7 Å². The summed E-state index contributed by atoms with van der Waals surface area (Å²) in [5.74, 6) is 0.613. The maximum absolute atomic E-state index is 13.3. The molecule has 4 rings (SSSR count). The lowest BCUT2D eigenvalue weighted by atomic mass is 10.1. The molecule has 1 amide bonds. The van der Waals surface area contributed by atoms with Crippen LogP contribution in [-0.2, 0) is 23.1 Å². The average Bonchev–Trinajstić information content (AvgIpc) is 3.47. The summed E-state index contributed by atoms with van der Waals surface area (Å²) in [4.78, 5) is 17.2. The van der Waals surface area contributed by atoms with Gasteiger partial charge in [0.05, 0.1) is 11.9 Å². The Kier molecular flexibility index (Phi) is 7.84. The molecular weight excluding hydrogens is 453 g/mol. The fraction of sp³-hybridized carbons (Fsp3) is 0.400. The number of nitrogens with zero attached hydrogens (tertiary/aromatic N) is 5. The number of benzene rings is 2. The Hall–Kier alpha value is -2.91. The number of anilines is 1. The fourth-order valence-corrected chi connectivity index (χ4v) is 4.73. The van der Waals surface area contributed by atoms with Crippen molar-refractivity contribution < 1.29 is 13.9 Å². The van der Waals surface area contributed by atoms with Crippen molar-refractivity contribution in [3.63, 3.8) is 0 Å². The standard InChI is InChI=1S/C25H30FN5O2S/c1-29(2)21-12-6-18(7-13-21)15-31(16-22-5-4-14-33-22)23(32)17-34-25-28-27-24(30(25)3)19-8-10-20(26)11-9-19/h6-13,22H,4-5,14-17H2,1-3H3/t22-/m0/s1. The molecule has 2 heterocycles. The van der Waals surface area contributed by atoms with Crippen LogP contribution in [0.5, 0.6) is 0 Å². The van der Waals surface area contributed by atoms with Crippen molar-refractivity contribution in [1.82, 2.24) is 19.7 Å². The first-order chi connectivity index (χ1) is 16.4. The van der Waals surface area contributed by atoms with E-state index in [0.717, 1.165) is 36.3 Å². The maximum atomic E-state index is 13.3. The number of ether oxygens (including phenoxy) is 1. The molecule has 7 nitrogen and oxygen atoms in total. The second-order valence-electron chi connectivity index (χ2n) is 8.63. The van der Waals surface area contributed by atoms with Gasteiger partial charge >= 0.3 is 0 Å². The SMILES string of the molecule is CN(C)c1ccc(CN(C[C@@H]2CCCO2)C(=O)CSc2nnc(-c3ccc(F)cc3)n2C)cc1. The number of carbonyl (C=O) groups excluding carboxylic acids is 1. The lowest BCUT2D eigenvalue weighted by Crippen LogP contribution is -2.38. The zero-order valence-electron chi connectivity index (χ0n) is 19.8. The largest absolute Gasteiger partial charge is 0.378 e. The average molecular weight is 484 g/mol. The Morgan fingerprint density at radius 2 is 1.88 bits per heavy atom. The first kappa shape index (κ1) is 24.2. The molecule has 0 N–H and O–H groups in total. The van der Waals surface area contributed by atoms with Crippen LogP contribution in [0.3, 0.4) is 0 Å². The second kappa shape index (κ2) is 11.0. The van der Waals surface area contributed by atoms with Gasteiger partial charge in [0.1, 0.15) is 5.82 Å². The van der Waals surface area contributed by atoms with E-state index >= 15 is 0 Å². The molecule has 1 saturated heterocycles. The van der Waals surface area contributed by atoms with Crippen LogP contribution in [0.15, 0.2) is 53.7 Å². The van der Waals surface area contributed by atoms with Crippen LogP contribution in [0, 0.1) is 5.82 Å². The number of halogens is 1. The molecule has 1 aliphatic rings. The number of carbonyl (C=O) groups is 1.